The predicted molar refractivity (Wildman–Crippen MR) is 191 cm³/mol. The molecular weight excluding hydrogens is 544 g/mol. The number of hydrogen-bond acceptors (Lipinski definition) is 4. The van der Waals surface area contributed by atoms with Crippen LogP contribution in [0, 0.1) is 0 Å². The number of aliphatic hydroxyl groups is 1. The Labute approximate surface area is 275 Å². The first-order valence-electron chi connectivity index (χ1n) is 19.4. The summed E-state index contributed by atoms with van der Waals surface area (Å²) in [4.78, 5) is 12.2. The maximum Gasteiger partial charge on any atom is 0.306 e. The molecule has 0 fully saturated rings. The number of allylic oxidation sites excluding steroid dienone is 4. The van der Waals surface area contributed by atoms with Crippen LogP contribution in [0.3, 0.4) is 0 Å². The minimum Gasteiger partial charge on any atom is -0.457 e. The van der Waals surface area contributed by atoms with Crippen molar-refractivity contribution >= 4 is 5.97 Å². The maximum absolute atomic E-state index is 12.2. The molecule has 1 N–H and O–H groups in total. The van der Waals surface area contributed by atoms with E-state index in [0.29, 0.717) is 19.6 Å². The van der Waals surface area contributed by atoms with Crippen molar-refractivity contribution in [3.8, 4) is 0 Å². The Morgan fingerprint density at radius 3 is 1.30 bits per heavy atom. The van der Waals surface area contributed by atoms with E-state index in [1.807, 2.05) is 0 Å². The zero-order chi connectivity index (χ0) is 32.0. The first-order valence-corrected chi connectivity index (χ1v) is 19.4. The molecule has 0 heterocycles. The first-order chi connectivity index (χ1) is 21.7. The van der Waals surface area contributed by atoms with Gasteiger partial charge in [0.25, 0.3) is 0 Å². The number of ether oxygens (including phenoxy) is 2. The van der Waals surface area contributed by atoms with Gasteiger partial charge in [0.1, 0.15) is 6.10 Å². The number of esters is 1. The Balaban J connectivity index is 3.44. The van der Waals surface area contributed by atoms with Crippen LogP contribution in [0.1, 0.15) is 200 Å². The van der Waals surface area contributed by atoms with Gasteiger partial charge in [0.05, 0.1) is 13.2 Å². The number of carbonyl (C=O) groups excluding carboxylic acids is 1. The third kappa shape index (κ3) is 35.4. The van der Waals surface area contributed by atoms with E-state index >= 15 is 0 Å². The van der Waals surface area contributed by atoms with Crippen molar-refractivity contribution in [3.05, 3.63) is 24.3 Å². The van der Waals surface area contributed by atoms with Crippen LogP contribution in [0.4, 0.5) is 0 Å². The lowest BCUT2D eigenvalue weighted by Crippen LogP contribution is -2.27. The second-order valence-electron chi connectivity index (χ2n) is 13.0. The van der Waals surface area contributed by atoms with E-state index in [2.05, 4.69) is 38.2 Å². The average Bonchev–Trinajstić information content (AvgIpc) is 3.03. The number of hydrogen-bond donors (Lipinski definition) is 1. The molecule has 0 bridgehead atoms. The largest absolute Gasteiger partial charge is 0.457 e. The summed E-state index contributed by atoms with van der Waals surface area (Å²) in [6, 6.07) is 0. The van der Waals surface area contributed by atoms with Gasteiger partial charge >= 0.3 is 5.97 Å². The molecule has 260 valence electrons. The van der Waals surface area contributed by atoms with E-state index in [1.165, 1.54) is 161 Å². The zero-order valence-electron chi connectivity index (χ0n) is 29.7. The second-order valence-corrected chi connectivity index (χ2v) is 13.0. The summed E-state index contributed by atoms with van der Waals surface area (Å²) in [5.74, 6) is -0.206. The highest BCUT2D eigenvalue weighted by Gasteiger charge is 2.13. The van der Waals surface area contributed by atoms with Crippen molar-refractivity contribution in [2.75, 3.05) is 19.8 Å². The Morgan fingerprint density at radius 2 is 0.886 bits per heavy atom. The number of unbranched alkanes of at least 4 members (excludes halogenated alkanes) is 24. The van der Waals surface area contributed by atoms with Gasteiger partial charge in [-0.15, -0.1) is 0 Å². The van der Waals surface area contributed by atoms with Crippen molar-refractivity contribution < 1.29 is 19.4 Å². The molecule has 0 aliphatic rings. The molecule has 44 heavy (non-hydrogen) atoms. The zero-order valence-corrected chi connectivity index (χ0v) is 29.7. The van der Waals surface area contributed by atoms with E-state index in [0.717, 1.165) is 19.3 Å². The quantitative estimate of drug-likeness (QED) is 0.0430. The lowest BCUT2D eigenvalue weighted by molar-refractivity contribution is -0.154. The molecule has 0 rings (SSSR count). The van der Waals surface area contributed by atoms with Crippen molar-refractivity contribution in [2.45, 2.75) is 206 Å². The van der Waals surface area contributed by atoms with Crippen LogP contribution in [0.15, 0.2) is 24.3 Å². The van der Waals surface area contributed by atoms with Gasteiger partial charge in [-0.3, -0.25) is 4.79 Å². The number of aliphatic hydroxyl groups excluding tert-OH is 1. The topological polar surface area (TPSA) is 55.8 Å². The fourth-order valence-corrected chi connectivity index (χ4v) is 5.55. The number of rotatable bonds is 36. The van der Waals surface area contributed by atoms with Gasteiger partial charge < -0.3 is 14.6 Å². The minimum atomic E-state index is -0.535. The van der Waals surface area contributed by atoms with Crippen LogP contribution in [-0.4, -0.2) is 37.0 Å². The Kier molecular flexibility index (Phi) is 37.1. The minimum absolute atomic E-state index is 0.173. The summed E-state index contributed by atoms with van der Waals surface area (Å²) in [5.41, 5.74) is 0. The van der Waals surface area contributed by atoms with Gasteiger partial charge in [0, 0.05) is 13.0 Å². The Morgan fingerprint density at radius 1 is 0.523 bits per heavy atom. The summed E-state index contributed by atoms with van der Waals surface area (Å²) in [6.07, 6.45) is 45.0. The highest BCUT2D eigenvalue weighted by atomic mass is 16.6. The summed E-state index contributed by atoms with van der Waals surface area (Å²) >= 11 is 0. The molecule has 0 saturated heterocycles. The van der Waals surface area contributed by atoms with Crippen LogP contribution >= 0.6 is 0 Å². The molecule has 0 spiro atoms. The monoisotopic (exact) mass is 621 g/mol. The highest BCUT2D eigenvalue weighted by molar-refractivity contribution is 5.69. The molecule has 0 aromatic heterocycles. The molecule has 0 aromatic carbocycles. The molecule has 0 saturated carbocycles. The second kappa shape index (κ2) is 38.1. The lowest BCUT2D eigenvalue weighted by Gasteiger charge is -2.15. The van der Waals surface area contributed by atoms with Crippen molar-refractivity contribution in [1.29, 1.82) is 0 Å². The fourth-order valence-electron chi connectivity index (χ4n) is 5.55. The van der Waals surface area contributed by atoms with E-state index in [-0.39, 0.29) is 12.6 Å². The van der Waals surface area contributed by atoms with Crippen LogP contribution < -0.4 is 0 Å². The van der Waals surface area contributed by atoms with Gasteiger partial charge in [0.15, 0.2) is 0 Å². The first kappa shape index (κ1) is 42.9. The van der Waals surface area contributed by atoms with E-state index in [4.69, 9.17) is 9.47 Å². The highest BCUT2D eigenvalue weighted by Crippen LogP contribution is 2.13. The van der Waals surface area contributed by atoms with Crippen LogP contribution in [0.5, 0.6) is 0 Å². The van der Waals surface area contributed by atoms with Crippen LogP contribution in [0.2, 0.25) is 0 Å². The summed E-state index contributed by atoms with van der Waals surface area (Å²) in [6.45, 7) is 5.33. The molecule has 0 aromatic rings. The molecule has 4 nitrogen and oxygen atoms in total. The molecule has 0 aliphatic heterocycles. The molecule has 1 atom stereocenters. The molecule has 4 heteroatoms. The summed E-state index contributed by atoms with van der Waals surface area (Å²) < 4.78 is 11.1. The van der Waals surface area contributed by atoms with E-state index < -0.39 is 6.10 Å². The summed E-state index contributed by atoms with van der Waals surface area (Å²) in [7, 11) is 0. The van der Waals surface area contributed by atoms with Gasteiger partial charge in [-0.2, -0.15) is 0 Å². The Bertz CT molecular complexity index is 614. The average molecular weight is 621 g/mol. The third-order valence-electron chi connectivity index (χ3n) is 8.50. The smallest absolute Gasteiger partial charge is 0.306 e. The summed E-state index contributed by atoms with van der Waals surface area (Å²) in [5, 5.41) is 9.56. The molecule has 0 radical (unpaired) electrons. The van der Waals surface area contributed by atoms with Crippen molar-refractivity contribution in [3.63, 3.8) is 0 Å². The van der Waals surface area contributed by atoms with Gasteiger partial charge in [-0.25, -0.2) is 0 Å². The molecule has 1 unspecified atom stereocenters. The fraction of sp³-hybridized carbons (Fsp3) is 0.875. The molecule has 0 amide bonds. The molecule has 0 aliphatic carbocycles. The number of carbonyl (C=O) groups is 1. The normalized spacial score (nSPS) is 12.5. The molecular formula is C40H76O4. The predicted octanol–water partition coefficient (Wildman–Crippen LogP) is 12.4. The van der Waals surface area contributed by atoms with Crippen LogP contribution in [-0.2, 0) is 14.3 Å². The van der Waals surface area contributed by atoms with Gasteiger partial charge in [0.2, 0.25) is 0 Å². The van der Waals surface area contributed by atoms with Gasteiger partial charge in [-0.1, -0.05) is 154 Å². The van der Waals surface area contributed by atoms with E-state index in [1.54, 1.807) is 0 Å². The van der Waals surface area contributed by atoms with Crippen LogP contribution in [0.25, 0.3) is 0 Å². The van der Waals surface area contributed by atoms with E-state index in [9.17, 15) is 9.90 Å². The van der Waals surface area contributed by atoms with Crippen molar-refractivity contribution in [2.24, 2.45) is 0 Å². The van der Waals surface area contributed by atoms with Gasteiger partial charge in [-0.05, 0) is 64.2 Å². The standard InChI is InChI=1S/C40H76O4/c1-3-5-7-9-11-13-15-17-19-20-21-23-25-27-29-31-33-35-40(42)44-39(37-41)38-43-36-34-32-30-28-26-24-22-18-16-14-12-10-8-6-4-2/h16-19,39,41H,3-15,20-38H2,1-2H3/b18-16-,19-17-. The SMILES string of the molecule is CCCCCCC/C=C\CCCCCCCCOCC(CO)OC(=O)CCCCCCCCC/C=C\CCCCCCCC. The third-order valence-corrected chi connectivity index (χ3v) is 8.50. The Hall–Kier alpha value is -1.13. The van der Waals surface area contributed by atoms with Crippen molar-refractivity contribution in [1.82, 2.24) is 0 Å². The lowest BCUT2D eigenvalue weighted by atomic mass is 10.1. The maximum atomic E-state index is 12.2.